The Morgan fingerprint density at radius 1 is 1.53 bits per heavy atom. The summed E-state index contributed by atoms with van der Waals surface area (Å²) in [7, 11) is 0. The van der Waals surface area contributed by atoms with Gasteiger partial charge in [-0.05, 0) is 18.6 Å². The van der Waals surface area contributed by atoms with Gasteiger partial charge in [-0.1, -0.05) is 18.5 Å². The van der Waals surface area contributed by atoms with E-state index in [0.29, 0.717) is 42.5 Å². The molecule has 19 heavy (non-hydrogen) atoms. The second kappa shape index (κ2) is 6.02. The predicted molar refractivity (Wildman–Crippen MR) is 71.9 cm³/mol. The van der Waals surface area contributed by atoms with Crippen molar-refractivity contribution in [2.75, 3.05) is 13.1 Å². The summed E-state index contributed by atoms with van der Waals surface area (Å²) < 4.78 is 0. The Morgan fingerprint density at radius 2 is 2.32 bits per heavy atom. The average molecular weight is 282 g/mol. The first-order valence-electron chi connectivity index (χ1n) is 6.33. The number of halogens is 1. The van der Waals surface area contributed by atoms with E-state index in [2.05, 4.69) is 10.3 Å². The molecule has 0 radical (unpaired) electrons. The van der Waals surface area contributed by atoms with Crippen LogP contribution in [0.5, 0.6) is 0 Å². The van der Waals surface area contributed by atoms with Crippen molar-refractivity contribution in [1.82, 2.24) is 15.2 Å². The Balaban J connectivity index is 1.88. The number of carbonyl (C=O) groups excluding carboxylic acids is 2. The molecular formula is C13H16ClN3O2. The normalized spacial score (nSPS) is 13.6. The fraction of sp³-hybridized carbons (Fsp3) is 0.462. The topological polar surface area (TPSA) is 62.3 Å². The van der Waals surface area contributed by atoms with Crippen LogP contribution in [0.2, 0.25) is 5.15 Å². The summed E-state index contributed by atoms with van der Waals surface area (Å²) in [5, 5.41) is 3.18. The molecule has 0 spiro atoms. The highest BCUT2D eigenvalue weighted by atomic mass is 35.5. The maximum Gasteiger partial charge on any atom is 0.256 e. The summed E-state index contributed by atoms with van der Waals surface area (Å²) >= 11 is 5.80. The molecule has 0 aromatic carbocycles. The van der Waals surface area contributed by atoms with Gasteiger partial charge in [-0.25, -0.2) is 4.98 Å². The smallest absolute Gasteiger partial charge is 0.256 e. The van der Waals surface area contributed by atoms with Gasteiger partial charge in [0, 0.05) is 19.5 Å². The number of carbonyl (C=O) groups is 2. The molecule has 0 atom stereocenters. The lowest BCUT2D eigenvalue weighted by Crippen LogP contribution is -2.35. The summed E-state index contributed by atoms with van der Waals surface area (Å²) in [6.07, 6.45) is 1.34. The monoisotopic (exact) mass is 281 g/mol. The van der Waals surface area contributed by atoms with Crippen molar-refractivity contribution in [3.63, 3.8) is 0 Å². The van der Waals surface area contributed by atoms with Crippen LogP contribution < -0.4 is 5.32 Å². The number of amides is 2. The molecule has 0 unspecified atom stereocenters. The molecule has 1 aliphatic heterocycles. The van der Waals surface area contributed by atoms with E-state index < -0.39 is 0 Å². The first-order valence-corrected chi connectivity index (χ1v) is 6.71. The summed E-state index contributed by atoms with van der Waals surface area (Å²) in [4.78, 5) is 29.2. The predicted octanol–water partition coefficient (Wildman–Crippen LogP) is 1.61. The standard InChI is InChI=1S/C13H16ClN3O2/c1-2-3-12(18)15-6-7-17-8-10-9(13(17)19)4-5-11(14)16-10/h4-5H,2-3,6-8H2,1H3,(H,15,18). The summed E-state index contributed by atoms with van der Waals surface area (Å²) in [5.74, 6) is -0.0308. The van der Waals surface area contributed by atoms with E-state index in [-0.39, 0.29) is 11.8 Å². The van der Waals surface area contributed by atoms with Crippen LogP contribution in [0.25, 0.3) is 0 Å². The maximum atomic E-state index is 12.0. The second-order valence-electron chi connectivity index (χ2n) is 4.45. The van der Waals surface area contributed by atoms with E-state index >= 15 is 0 Å². The summed E-state index contributed by atoms with van der Waals surface area (Å²) in [6.45, 7) is 3.36. The molecule has 1 aromatic heterocycles. The SMILES string of the molecule is CCCC(=O)NCCN1Cc2nc(Cl)ccc2C1=O. The molecule has 6 heteroatoms. The second-order valence-corrected chi connectivity index (χ2v) is 4.84. The molecule has 0 saturated carbocycles. The lowest BCUT2D eigenvalue weighted by Gasteiger charge is -2.15. The maximum absolute atomic E-state index is 12.0. The van der Waals surface area contributed by atoms with Gasteiger partial charge >= 0.3 is 0 Å². The minimum absolute atomic E-state index is 0.0211. The van der Waals surface area contributed by atoms with Crippen LogP contribution >= 0.6 is 11.6 Å². The highest BCUT2D eigenvalue weighted by Gasteiger charge is 2.28. The van der Waals surface area contributed by atoms with Crippen LogP contribution in [0.3, 0.4) is 0 Å². The molecule has 102 valence electrons. The highest BCUT2D eigenvalue weighted by Crippen LogP contribution is 2.22. The van der Waals surface area contributed by atoms with Gasteiger partial charge in [0.15, 0.2) is 0 Å². The van der Waals surface area contributed by atoms with Crippen molar-refractivity contribution in [1.29, 1.82) is 0 Å². The molecule has 2 heterocycles. The Labute approximate surface area is 117 Å². The zero-order valence-electron chi connectivity index (χ0n) is 10.8. The van der Waals surface area contributed by atoms with E-state index in [9.17, 15) is 9.59 Å². The highest BCUT2D eigenvalue weighted by molar-refractivity contribution is 6.29. The number of rotatable bonds is 5. The van der Waals surface area contributed by atoms with Gasteiger partial charge in [0.05, 0.1) is 17.8 Å². The fourth-order valence-electron chi connectivity index (χ4n) is 2.04. The molecule has 1 N–H and O–H groups in total. The molecule has 2 rings (SSSR count). The molecule has 2 amide bonds. The number of hydrogen-bond acceptors (Lipinski definition) is 3. The number of nitrogens with zero attached hydrogens (tertiary/aromatic N) is 2. The van der Waals surface area contributed by atoms with Crippen LogP contribution in [0.1, 0.15) is 35.8 Å². The zero-order chi connectivity index (χ0) is 13.8. The van der Waals surface area contributed by atoms with Crippen molar-refractivity contribution >= 4 is 23.4 Å². The molecule has 0 aliphatic carbocycles. The first kappa shape index (κ1) is 13.8. The number of pyridine rings is 1. The minimum Gasteiger partial charge on any atom is -0.354 e. The molecular weight excluding hydrogens is 266 g/mol. The summed E-state index contributed by atoms with van der Waals surface area (Å²) in [6, 6.07) is 3.31. The van der Waals surface area contributed by atoms with Gasteiger partial charge < -0.3 is 10.2 Å². The Morgan fingerprint density at radius 3 is 3.05 bits per heavy atom. The van der Waals surface area contributed by atoms with Gasteiger partial charge in [-0.2, -0.15) is 0 Å². The third-order valence-corrected chi connectivity index (χ3v) is 3.19. The third kappa shape index (κ3) is 3.23. The van der Waals surface area contributed by atoms with Gasteiger partial charge in [0.2, 0.25) is 5.91 Å². The molecule has 1 aliphatic rings. The molecule has 0 fully saturated rings. The lowest BCUT2D eigenvalue weighted by atomic mass is 10.2. The van der Waals surface area contributed by atoms with Gasteiger partial charge in [0.25, 0.3) is 5.91 Å². The van der Waals surface area contributed by atoms with Crippen molar-refractivity contribution in [3.05, 3.63) is 28.5 Å². The quantitative estimate of drug-likeness (QED) is 0.834. The van der Waals surface area contributed by atoms with Gasteiger partial charge in [0.1, 0.15) is 5.15 Å². The largest absolute Gasteiger partial charge is 0.354 e. The number of fused-ring (bicyclic) bond motifs is 1. The van der Waals surface area contributed by atoms with Crippen molar-refractivity contribution in [2.24, 2.45) is 0 Å². The van der Waals surface area contributed by atoms with E-state index in [4.69, 9.17) is 11.6 Å². The first-order chi connectivity index (χ1) is 9.11. The van der Waals surface area contributed by atoms with Crippen LogP contribution in [0.15, 0.2) is 12.1 Å². The van der Waals surface area contributed by atoms with Crippen molar-refractivity contribution in [2.45, 2.75) is 26.3 Å². The molecule has 0 saturated heterocycles. The Bertz CT molecular complexity index is 505. The van der Waals surface area contributed by atoms with Crippen molar-refractivity contribution in [3.8, 4) is 0 Å². The lowest BCUT2D eigenvalue weighted by molar-refractivity contribution is -0.121. The molecule has 1 aromatic rings. The number of aromatic nitrogens is 1. The number of hydrogen-bond donors (Lipinski definition) is 1. The summed E-state index contributed by atoms with van der Waals surface area (Å²) in [5.41, 5.74) is 1.31. The average Bonchev–Trinajstić information content (AvgIpc) is 2.66. The zero-order valence-corrected chi connectivity index (χ0v) is 11.5. The minimum atomic E-state index is -0.0519. The fourth-order valence-corrected chi connectivity index (χ4v) is 2.20. The molecule has 5 nitrogen and oxygen atoms in total. The molecule has 0 bridgehead atoms. The van der Waals surface area contributed by atoms with Crippen molar-refractivity contribution < 1.29 is 9.59 Å². The van der Waals surface area contributed by atoms with Crippen LogP contribution in [0, 0.1) is 0 Å². The Kier molecular flexibility index (Phi) is 4.37. The van der Waals surface area contributed by atoms with Crippen LogP contribution in [-0.2, 0) is 11.3 Å². The van der Waals surface area contributed by atoms with E-state index in [0.717, 1.165) is 6.42 Å². The number of nitrogens with one attached hydrogen (secondary N) is 1. The van der Waals surface area contributed by atoms with E-state index in [1.165, 1.54) is 0 Å². The van der Waals surface area contributed by atoms with E-state index in [1.807, 2.05) is 6.92 Å². The van der Waals surface area contributed by atoms with E-state index in [1.54, 1.807) is 17.0 Å². The Hall–Kier alpha value is -1.62. The van der Waals surface area contributed by atoms with Gasteiger partial charge in [-0.3, -0.25) is 9.59 Å². The van der Waals surface area contributed by atoms with Gasteiger partial charge in [-0.15, -0.1) is 0 Å². The van der Waals surface area contributed by atoms with Crippen LogP contribution in [-0.4, -0.2) is 34.8 Å². The third-order valence-electron chi connectivity index (χ3n) is 2.98. The van der Waals surface area contributed by atoms with Crippen LogP contribution in [0.4, 0.5) is 0 Å².